The second-order valence-electron chi connectivity index (χ2n) is 9.85. The number of carbonyl (C=O) groups excluding carboxylic acids is 3. The first-order valence-electron chi connectivity index (χ1n) is 12.5. The molecule has 9 heteroatoms. The largest absolute Gasteiger partial charge is 0.351 e. The van der Waals surface area contributed by atoms with E-state index in [9.17, 15) is 24.5 Å². The zero-order chi connectivity index (χ0) is 26.8. The van der Waals surface area contributed by atoms with Crippen molar-refractivity contribution in [1.29, 1.82) is 0 Å². The highest BCUT2D eigenvalue weighted by Gasteiger charge is 2.64. The average molecular weight is 517 g/mol. The molecule has 0 bridgehead atoms. The van der Waals surface area contributed by atoms with Crippen molar-refractivity contribution in [2.45, 2.75) is 12.1 Å². The van der Waals surface area contributed by atoms with Crippen LogP contribution in [0.15, 0.2) is 91.1 Å². The monoisotopic (exact) mass is 516 g/mol. The summed E-state index contributed by atoms with van der Waals surface area (Å²) >= 11 is 0. The van der Waals surface area contributed by atoms with Gasteiger partial charge in [0.25, 0.3) is 5.69 Å². The summed E-state index contributed by atoms with van der Waals surface area (Å²) in [4.78, 5) is 60.5. The average Bonchev–Trinajstić information content (AvgIpc) is 3.45. The van der Waals surface area contributed by atoms with E-state index in [1.165, 1.54) is 29.2 Å². The maximum absolute atomic E-state index is 14.2. The third-order valence-electron chi connectivity index (χ3n) is 7.88. The Morgan fingerprint density at radius 3 is 2.36 bits per heavy atom. The number of hydrogen-bond donors (Lipinski definition) is 0. The first-order chi connectivity index (χ1) is 19.0. The predicted molar refractivity (Wildman–Crippen MR) is 144 cm³/mol. The van der Waals surface area contributed by atoms with Crippen LogP contribution in [0.5, 0.6) is 0 Å². The SMILES string of the molecule is O=C(c1ccc([N+](=O)[O-])cc1)C1C2C(=O)N(c3ccccc3)C(=O)C2C2C=Cc3ccc4cccnc4c3N21. The number of nitro groups is 1. The van der Waals surface area contributed by atoms with E-state index in [0.717, 1.165) is 10.9 Å². The number of aromatic nitrogens is 1. The molecule has 2 fully saturated rings. The predicted octanol–water partition coefficient (Wildman–Crippen LogP) is 4.42. The van der Waals surface area contributed by atoms with Gasteiger partial charge in [-0.15, -0.1) is 0 Å². The topological polar surface area (TPSA) is 114 Å². The summed E-state index contributed by atoms with van der Waals surface area (Å²) in [5.41, 5.74) is 2.75. The molecule has 4 unspecified atom stereocenters. The molecule has 4 atom stereocenters. The van der Waals surface area contributed by atoms with E-state index in [0.29, 0.717) is 16.9 Å². The van der Waals surface area contributed by atoms with Crippen LogP contribution in [0.2, 0.25) is 0 Å². The van der Waals surface area contributed by atoms with Gasteiger partial charge >= 0.3 is 0 Å². The smallest absolute Gasteiger partial charge is 0.269 e. The summed E-state index contributed by atoms with van der Waals surface area (Å²) in [6.45, 7) is 0. The maximum Gasteiger partial charge on any atom is 0.269 e. The number of imide groups is 1. The summed E-state index contributed by atoms with van der Waals surface area (Å²) in [6.07, 6.45) is 5.48. The van der Waals surface area contributed by atoms with Gasteiger partial charge in [-0.1, -0.05) is 48.6 Å². The number of benzene rings is 3. The van der Waals surface area contributed by atoms with Gasteiger partial charge in [0.05, 0.1) is 39.7 Å². The van der Waals surface area contributed by atoms with Crippen LogP contribution < -0.4 is 9.80 Å². The molecule has 3 aromatic carbocycles. The second-order valence-corrected chi connectivity index (χ2v) is 9.85. The molecular formula is C30H20N4O5. The molecule has 0 spiro atoms. The number of Topliss-reactive ketones (excluding diaryl/α,β-unsaturated/α-hetero) is 1. The Labute approximate surface area is 222 Å². The number of carbonyl (C=O) groups is 3. The minimum atomic E-state index is -1.01. The first-order valence-corrected chi connectivity index (χ1v) is 12.5. The minimum absolute atomic E-state index is 0.141. The Kier molecular flexibility index (Phi) is 4.96. The molecule has 9 nitrogen and oxygen atoms in total. The molecule has 0 aliphatic carbocycles. The molecular weight excluding hydrogens is 496 g/mol. The van der Waals surface area contributed by atoms with Gasteiger partial charge in [0.1, 0.15) is 6.04 Å². The minimum Gasteiger partial charge on any atom is -0.351 e. The highest BCUT2D eigenvalue weighted by molar-refractivity contribution is 6.26. The lowest BCUT2D eigenvalue weighted by Gasteiger charge is -2.37. The van der Waals surface area contributed by atoms with Crippen molar-refractivity contribution in [2.75, 3.05) is 9.80 Å². The van der Waals surface area contributed by atoms with Crippen LogP contribution in [-0.2, 0) is 9.59 Å². The normalized spacial score (nSPS) is 23.1. The van der Waals surface area contributed by atoms with Crippen LogP contribution in [0.25, 0.3) is 17.0 Å². The van der Waals surface area contributed by atoms with Crippen LogP contribution in [-0.4, -0.2) is 39.6 Å². The zero-order valence-corrected chi connectivity index (χ0v) is 20.4. The van der Waals surface area contributed by atoms with Crippen molar-refractivity contribution in [3.63, 3.8) is 0 Å². The third kappa shape index (κ3) is 3.26. The van der Waals surface area contributed by atoms with Crippen molar-refractivity contribution in [2.24, 2.45) is 11.8 Å². The Hall–Kier alpha value is -5.18. The summed E-state index contributed by atoms with van der Waals surface area (Å²) in [6, 6.07) is 20.1. The van der Waals surface area contributed by atoms with Crippen molar-refractivity contribution in [3.05, 3.63) is 112 Å². The molecule has 3 aliphatic heterocycles. The molecule has 190 valence electrons. The van der Waals surface area contributed by atoms with Crippen molar-refractivity contribution in [3.8, 4) is 0 Å². The maximum atomic E-state index is 14.2. The van der Waals surface area contributed by atoms with Gasteiger partial charge in [0.2, 0.25) is 11.8 Å². The molecule has 39 heavy (non-hydrogen) atoms. The van der Waals surface area contributed by atoms with E-state index in [2.05, 4.69) is 4.98 Å². The number of anilines is 2. The molecule has 1 aromatic heterocycles. The number of non-ortho nitro benzene ring substituents is 1. The number of para-hydroxylation sites is 1. The number of hydrogen-bond acceptors (Lipinski definition) is 7. The molecule has 0 N–H and O–H groups in total. The summed E-state index contributed by atoms with van der Waals surface area (Å²) in [5.74, 6) is -2.90. The van der Waals surface area contributed by atoms with E-state index in [-0.39, 0.29) is 22.9 Å². The van der Waals surface area contributed by atoms with Gasteiger partial charge in [0.15, 0.2) is 5.78 Å². The number of amides is 2. The number of nitro benzene ring substituents is 1. The molecule has 4 heterocycles. The standard InChI is InChI=1S/C30H20N4O5/c35-28(19-10-13-21(14-11-19)34(38)39)27-24-23(29(36)32(30(24)37)20-6-2-1-3-7-20)22-15-12-18-9-8-17-5-4-16-31-25(17)26(18)33(22)27/h1-16,22-24,27H. The van der Waals surface area contributed by atoms with Gasteiger partial charge in [-0.05, 0) is 35.9 Å². The quantitative estimate of drug-likeness (QED) is 0.171. The fourth-order valence-electron chi connectivity index (χ4n) is 6.23. The number of pyridine rings is 1. The first kappa shape index (κ1) is 23.0. The van der Waals surface area contributed by atoms with Crippen molar-refractivity contribution < 1.29 is 19.3 Å². The number of fused-ring (bicyclic) bond motifs is 7. The van der Waals surface area contributed by atoms with Crippen LogP contribution in [0, 0.1) is 22.0 Å². The van der Waals surface area contributed by atoms with Crippen LogP contribution >= 0.6 is 0 Å². The highest BCUT2D eigenvalue weighted by atomic mass is 16.6. The van der Waals surface area contributed by atoms with E-state index >= 15 is 0 Å². The van der Waals surface area contributed by atoms with Gasteiger partial charge in [-0.2, -0.15) is 0 Å². The highest BCUT2D eigenvalue weighted by Crippen LogP contribution is 2.51. The summed E-state index contributed by atoms with van der Waals surface area (Å²) in [5, 5.41) is 12.1. The van der Waals surface area contributed by atoms with Gasteiger partial charge in [-0.25, -0.2) is 4.90 Å². The van der Waals surface area contributed by atoms with Gasteiger partial charge < -0.3 is 4.90 Å². The fourth-order valence-corrected chi connectivity index (χ4v) is 6.23. The van der Waals surface area contributed by atoms with E-state index in [4.69, 9.17) is 0 Å². The van der Waals surface area contributed by atoms with Crippen LogP contribution in [0.4, 0.5) is 17.1 Å². The lowest BCUT2D eigenvalue weighted by molar-refractivity contribution is -0.384. The van der Waals surface area contributed by atoms with E-state index < -0.39 is 34.7 Å². The molecule has 4 aromatic rings. The van der Waals surface area contributed by atoms with Gasteiger partial charge in [0, 0.05) is 29.3 Å². The van der Waals surface area contributed by atoms with Gasteiger partial charge in [-0.3, -0.25) is 29.5 Å². The Morgan fingerprint density at radius 2 is 1.62 bits per heavy atom. The Balaban J connectivity index is 1.41. The number of nitrogens with zero attached hydrogens (tertiary/aromatic N) is 4. The molecule has 2 saturated heterocycles. The number of rotatable bonds is 4. The molecule has 0 radical (unpaired) electrons. The Morgan fingerprint density at radius 1 is 0.872 bits per heavy atom. The third-order valence-corrected chi connectivity index (χ3v) is 7.88. The molecule has 7 rings (SSSR count). The Bertz CT molecular complexity index is 1730. The van der Waals surface area contributed by atoms with Crippen molar-refractivity contribution in [1.82, 2.24) is 4.98 Å². The van der Waals surface area contributed by atoms with E-state index in [1.54, 1.807) is 36.5 Å². The number of ketones is 1. The summed E-state index contributed by atoms with van der Waals surface area (Å²) in [7, 11) is 0. The fraction of sp³-hybridized carbons (Fsp3) is 0.133. The molecule has 0 saturated carbocycles. The van der Waals surface area contributed by atoms with Crippen molar-refractivity contribution >= 4 is 51.6 Å². The van der Waals surface area contributed by atoms with Crippen LogP contribution in [0.1, 0.15) is 15.9 Å². The molecule has 3 aliphatic rings. The van der Waals surface area contributed by atoms with Crippen LogP contribution in [0.3, 0.4) is 0 Å². The summed E-state index contributed by atoms with van der Waals surface area (Å²) < 4.78 is 0. The second kappa shape index (κ2) is 8.42. The lowest BCUT2D eigenvalue weighted by Crippen LogP contribution is -2.49. The zero-order valence-electron chi connectivity index (χ0n) is 20.4. The lowest BCUT2D eigenvalue weighted by atomic mass is 9.86. The van der Waals surface area contributed by atoms with E-state index in [1.807, 2.05) is 41.3 Å². The molecule has 2 amide bonds.